The summed E-state index contributed by atoms with van der Waals surface area (Å²) in [6.07, 6.45) is 11.4. The molecular weight excluding hydrogens is 232 g/mol. The summed E-state index contributed by atoms with van der Waals surface area (Å²) in [6, 6.07) is 8.59. The minimum Gasteiger partial charge on any atom is -0.487 e. The van der Waals surface area contributed by atoms with Crippen LogP contribution in [0.1, 0.15) is 70.8 Å². The highest BCUT2D eigenvalue weighted by atomic mass is 16.5. The molecule has 0 radical (unpaired) electrons. The Balaban J connectivity index is 2.00. The lowest BCUT2D eigenvalue weighted by atomic mass is 9.86. The van der Waals surface area contributed by atoms with E-state index in [1.54, 1.807) is 0 Å². The fourth-order valence-corrected chi connectivity index (χ4v) is 3.16. The zero-order chi connectivity index (χ0) is 13.6. The highest BCUT2D eigenvalue weighted by Gasteiger charge is 2.37. The molecule has 0 saturated carbocycles. The summed E-state index contributed by atoms with van der Waals surface area (Å²) in [4.78, 5) is 0. The lowest BCUT2D eigenvalue weighted by molar-refractivity contribution is 0.0687. The van der Waals surface area contributed by atoms with Gasteiger partial charge in [-0.25, -0.2) is 0 Å². The zero-order valence-electron chi connectivity index (χ0n) is 12.6. The molecule has 0 unspecified atom stereocenters. The van der Waals surface area contributed by atoms with Crippen LogP contribution in [0.25, 0.3) is 0 Å². The van der Waals surface area contributed by atoms with Crippen LogP contribution in [0, 0.1) is 0 Å². The Kier molecular flexibility index (Phi) is 5.30. The van der Waals surface area contributed by atoms with Crippen molar-refractivity contribution in [3.8, 4) is 5.75 Å². The van der Waals surface area contributed by atoms with E-state index in [2.05, 4.69) is 38.1 Å². The van der Waals surface area contributed by atoms with E-state index in [4.69, 9.17) is 4.74 Å². The first-order chi connectivity index (χ1) is 9.29. The first-order valence-electron chi connectivity index (χ1n) is 8.06. The maximum absolute atomic E-state index is 6.39. The molecule has 1 aromatic carbocycles. The molecule has 0 bridgehead atoms. The number of para-hydroxylation sites is 1. The van der Waals surface area contributed by atoms with Crippen molar-refractivity contribution < 1.29 is 4.74 Å². The molecule has 0 spiro atoms. The third-order valence-electron chi connectivity index (χ3n) is 4.28. The van der Waals surface area contributed by atoms with Gasteiger partial charge in [-0.2, -0.15) is 0 Å². The Hall–Kier alpha value is -0.980. The molecule has 0 aliphatic carbocycles. The first-order valence-corrected chi connectivity index (χ1v) is 8.06. The molecular formula is C18H28O. The van der Waals surface area contributed by atoms with Gasteiger partial charge < -0.3 is 4.74 Å². The van der Waals surface area contributed by atoms with Crippen LogP contribution in [0.5, 0.6) is 5.75 Å². The van der Waals surface area contributed by atoms with Gasteiger partial charge in [0.05, 0.1) is 0 Å². The van der Waals surface area contributed by atoms with E-state index in [0.29, 0.717) is 0 Å². The topological polar surface area (TPSA) is 9.23 Å². The molecule has 1 aromatic rings. The monoisotopic (exact) mass is 260 g/mol. The molecule has 1 heterocycles. The van der Waals surface area contributed by atoms with E-state index in [1.165, 1.54) is 56.9 Å². The standard InChI is InChI=1S/C18H28O/c1-3-5-9-13-18(14-10-6-4-2)15-16-11-7-8-12-17(16)19-18/h7-8,11-12H,3-6,9-10,13-15H2,1-2H3. The van der Waals surface area contributed by atoms with Crippen LogP contribution >= 0.6 is 0 Å². The second-order valence-corrected chi connectivity index (χ2v) is 5.98. The van der Waals surface area contributed by atoms with Crippen molar-refractivity contribution in [3.05, 3.63) is 29.8 Å². The van der Waals surface area contributed by atoms with E-state index < -0.39 is 0 Å². The average molecular weight is 260 g/mol. The predicted octanol–water partition coefficient (Wildman–Crippen LogP) is 5.52. The van der Waals surface area contributed by atoms with Gasteiger partial charge in [0, 0.05) is 6.42 Å². The lowest BCUT2D eigenvalue weighted by Gasteiger charge is -2.29. The summed E-state index contributed by atoms with van der Waals surface area (Å²) in [6.45, 7) is 4.54. The van der Waals surface area contributed by atoms with E-state index >= 15 is 0 Å². The van der Waals surface area contributed by atoms with Crippen molar-refractivity contribution in [2.45, 2.75) is 77.2 Å². The number of benzene rings is 1. The maximum atomic E-state index is 6.39. The summed E-state index contributed by atoms with van der Waals surface area (Å²) in [5.41, 5.74) is 1.52. The largest absolute Gasteiger partial charge is 0.487 e. The van der Waals surface area contributed by atoms with Crippen LogP contribution in [0.2, 0.25) is 0 Å². The lowest BCUT2D eigenvalue weighted by Crippen LogP contribution is -2.34. The fraction of sp³-hybridized carbons (Fsp3) is 0.667. The van der Waals surface area contributed by atoms with Gasteiger partial charge in [0.15, 0.2) is 0 Å². The van der Waals surface area contributed by atoms with Crippen molar-refractivity contribution in [2.24, 2.45) is 0 Å². The van der Waals surface area contributed by atoms with Gasteiger partial charge in [0.1, 0.15) is 11.4 Å². The summed E-state index contributed by atoms with van der Waals surface area (Å²) < 4.78 is 6.39. The van der Waals surface area contributed by atoms with Gasteiger partial charge in [-0.3, -0.25) is 0 Å². The third kappa shape index (κ3) is 3.75. The van der Waals surface area contributed by atoms with Crippen LogP contribution in [-0.2, 0) is 6.42 Å². The molecule has 1 nitrogen and oxygen atoms in total. The van der Waals surface area contributed by atoms with Gasteiger partial charge >= 0.3 is 0 Å². The van der Waals surface area contributed by atoms with Gasteiger partial charge in [0.2, 0.25) is 0 Å². The Morgan fingerprint density at radius 1 is 0.947 bits per heavy atom. The molecule has 0 atom stereocenters. The highest BCUT2D eigenvalue weighted by Crippen LogP contribution is 2.40. The molecule has 0 fully saturated rings. The smallest absolute Gasteiger partial charge is 0.123 e. The number of hydrogen-bond acceptors (Lipinski definition) is 1. The van der Waals surface area contributed by atoms with Gasteiger partial charge in [-0.05, 0) is 37.3 Å². The average Bonchev–Trinajstić information content (AvgIpc) is 2.78. The van der Waals surface area contributed by atoms with Crippen LogP contribution in [-0.4, -0.2) is 5.60 Å². The van der Waals surface area contributed by atoms with Crippen LogP contribution < -0.4 is 4.74 Å². The van der Waals surface area contributed by atoms with Crippen molar-refractivity contribution >= 4 is 0 Å². The summed E-state index contributed by atoms with van der Waals surface area (Å²) in [5.74, 6) is 1.13. The number of hydrogen-bond donors (Lipinski definition) is 0. The minimum atomic E-state index is 0.105. The third-order valence-corrected chi connectivity index (χ3v) is 4.28. The maximum Gasteiger partial charge on any atom is 0.123 e. The van der Waals surface area contributed by atoms with Crippen LogP contribution in [0.4, 0.5) is 0 Å². The second-order valence-electron chi connectivity index (χ2n) is 5.98. The quantitative estimate of drug-likeness (QED) is 0.559. The Morgan fingerprint density at radius 2 is 1.58 bits per heavy atom. The Bertz CT molecular complexity index is 346. The molecule has 0 aromatic heterocycles. The highest BCUT2D eigenvalue weighted by molar-refractivity contribution is 5.39. The molecule has 0 amide bonds. The summed E-state index contributed by atoms with van der Waals surface area (Å²) >= 11 is 0. The van der Waals surface area contributed by atoms with Crippen LogP contribution in [0.3, 0.4) is 0 Å². The van der Waals surface area contributed by atoms with Gasteiger partial charge in [0.25, 0.3) is 0 Å². The number of ether oxygens (including phenoxy) is 1. The fourth-order valence-electron chi connectivity index (χ4n) is 3.16. The van der Waals surface area contributed by atoms with E-state index in [-0.39, 0.29) is 5.60 Å². The second kappa shape index (κ2) is 6.98. The molecule has 106 valence electrons. The van der Waals surface area contributed by atoms with Crippen LogP contribution in [0.15, 0.2) is 24.3 Å². The predicted molar refractivity (Wildman–Crippen MR) is 81.8 cm³/mol. The van der Waals surface area contributed by atoms with Gasteiger partial charge in [-0.15, -0.1) is 0 Å². The number of unbranched alkanes of at least 4 members (excludes halogenated alkanes) is 4. The van der Waals surface area contributed by atoms with Crippen molar-refractivity contribution in [2.75, 3.05) is 0 Å². The summed E-state index contributed by atoms with van der Waals surface area (Å²) in [5, 5.41) is 0. The molecule has 1 aliphatic heterocycles. The Labute approximate surface area is 118 Å². The van der Waals surface area contributed by atoms with Gasteiger partial charge in [-0.1, -0.05) is 57.7 Å². The Morgan fingerprint density at radius 3 is 2.16 bits per heavy atom. The van der Waals surface area contributed by atoms with E-state index in [0.717, 1.165) is 12.2 Å². The zero-order valence-corrected chi connectivity index (χ0v) is 12.6. The molecule has 0 saturated heterocycles. The molecule has 19 heavy (non-hydrogen) atoms. The van der Waals surface area contributed by atoms with E-state index in [9.17, 15) is 0 Å². The molecule has 1 aliphatic rings. The molecule has 2 rings (SSSR count). The first kappa shape index (κ1) is 14.4. The SMILES string of the molecule is CCCCCC1(CCCCC)Cc2ccccc2O1. The number of fused-ring (bicyclic) bond motifs is 1. The van der Waals surface area contributed by atoms with Crippen molar-refractivity contribution in [3.63, 3.8) is 0 Å². The minimum absolute atomic E-state index is 0.105. The number of rotatable bonds is 8. The van der Waals surface area contributed by atoms with Crippen molar-refractivity contribution in [1.29, 1.82) is 0 Å². The van der Waals surface area contributed by atoms with E-state index in [1.807, 2.05) is 0 Å². The molecule has 1 heteroatoms. The normalized spacial score (nSPS) is 16.1. The summed E-state index contributed by atoms with van der Waals surface area (Å²) in [7, 11) is 0. The van der Waals surface area contributed by atoms with Crippen molar-refractivity contribution in [1.82, 2.24) is 0 Å². The molecule has 0 N–H and O–H groups in total.